The summed E-state index contributed by atoms with van der Waals surface area (Å²) in [6.07, 6.45) is 1.31. The van der Waals surface area contributed by atoms with Crippen LogP contribution in [0.4, 0.5) is 8.78 Å². The molecule has 2 heterocycles. The molecule has 1 aromatic heterocycles. The van der Waals surface area contributed by atoms with Gasteiger partial charge in [-0.25, -0.2) is 8.78 Å². The van der Waals surface area contributed by atoms with E-state index in [1.807, 2.05) is 30.3 Å². The van der Waals surface area contributed by atoms with E-state index in [-0.39, 0.29) is 41.4 Å². The lowest BCUT2D eigenvalue weighted by Crippen LogP contribution is -2.55. The summed E-state index contributed by atoms with van der Waals surface area (Å²) in [6, 6.07) is 13.9. The van der Waals surface area contributed by atoms with Crippen molar-refractivity contribution in [2.75, 3.05) is 26.7 Å². The van der Waals surface area contributed by atoms with Gasteiger partial charge >= 0.3 is 0 Å². The minimum atomic E-state index is -0.814. The number of carbonyl (C=O) groups is 2. The van der Waals surface area contributed by atoms with E-state index < -0.39 is 23.5 Å². The number of carbonyl (C=O) groups excluding carboxylic acids is 2. The van der Waals surface area contributed by atoms with Gasteiger partial charge in [0.15, 0.2) is 11.5 Å². The second-order valence-electron chi connectivity index (χ2n) is 8.38. The fourth-order valence-corrected chi connectivity index (χ4v) is 4.07. The number of halogens is 3. The maximum atomic E-state index is 14.0. The van der Waals surface area contributed by atoms with Crippen molar-refractivity contribution in [3.05, 3.63) is 77.5 Å². The Morgan fingerprint density at radius 1 is 1.17 bits per heavy atom. The molecule has 0 aliphatic carbocycles. The van der Waals surface area contributed by atoms with Crippen LogP contribution in [0, 0.1) is 17.6 Å². The summed E-state index contributed by atoms with van der Waals surface area (Å²) in [5.41, 5.74) is 1.11. The lowest BCUT2D eigenvalue weighted by atomic mass is 9.91. The summed E-state index contributed by atoms with van der Waals surface area (Å²) in [7, 11) is 1.76. The molecule has 1 fully saturated rings. The summed E-state index contributed by atoms with van der Waals surface area (Å²) in [5, 5.41) is 9.83. The zero-order valence-corrected chi connectivity index (χ0v) is 20.0. The number of hydrogen-bond acceptors (Lipinski definition) is 5. The van der Waals surface area contributed by atoms with E-state index >= 15 is 0 Å². The Labute approximate surface area is 208 Å². The van der Waals surface area contributed by atoms with Gasteiger partial charge in [-0.3, -0.25) is 9.59 Å². The molecular formula is C25H27ClF2N4O3. The molecule has 0 spiro atoms. The van der Waals surface area contributed by atoms with Gasteiger partial charge in [0.2, 0.25) is 5.91 Å². The summed E-state index contributed by atoms with van der Waals surface area (Å²) in [6.45, 7) is 1.67. The summed E-state index contributed by atoms with van der Waals surface area (Å²) in [4.78, 5) is 27.6. The first-order chi connectivity index (χ1) is 16.4. The number of piperidine rings is 1. The van der Waals surface area contributed by atoms with Gasteiger partial charge in [-0.2, -0.15) is 0 Å². The van der Waals surface area contributed by atoms with Crippen LogP contribution in [0.25, 0.3) is 11.3 Å². The zero-order chi connectivity index (χ0) is 24.1. The highest BCUT2D eigenvalue weighted by atomic mass is 35.5. The number of hydrogen-bond donors (Lipinski definition) is 2. The van der Waals surface area contributed by atoms with Crippen LogP contribution in [0.3, 0.4) is 0 Å². The minimum absolute atomic E-state index is 0. The van der Waals surface area contributed by atoms with Gasteiger partial charge < -0.3 is 20.1 Å². The van der Waals surface area contributed by atoms with Crippen LogP contribution in [0.5, 0.6) is 0 Å². The fourth-order valence-electron chi connectivity index (χ4n) is 4.07. The van der Waals surface area contributed by atoms with Gasteiger partial charge in [-0.15, -0.1) is 12.4 Å². The molecule has 1 aliphatic rings. The quantitative estimate of drug-likeness (QED) is 0.514. The molecule has 0 bridgehead atoms. The standard InChI is InChI=1S/C25H26F2N4O3.ClH/c1-31(12-10-16-5-3-2-4-6-16)25(33)19-15-28-11-9-21(19)29-24(32)22-14-23(34-30-22)18-8-7-17(26)13-20(18)27;/h2-8,13-14,19,21,28H,9-12,15H2,1H3,(H,29,32);1H. The molecular weight excluding hydrogens is 478 g/mol. The van der Waals surface area contributed by atoms with Crippen LogP contribution >= 0.6 is 12.4 Å². The van der Waals surface area contributed by atoms with E-state index in [9.17, 15) is 18.4 Å². The molecule has 0 saturated carbocycles. The van der Waals surface area contributed by atoms with Crippen molar-refractivity contribution in [1.82, 2.24) is 20.7 Å². The molecule has 2 atom stereocenters. The Kier molecular flexibility index (Phi) is 8.95. The predicted molar refractivity (Wildman–Crippen MR) is 129 cm³/mol. The molecule has 0 radical (unpaired) electrons. The SMILES string of the molecule is CN(CCc1ccccc1)C(=O)C1CNCCC1NC(=O)c1cc(-c2ccc(F)cc2F)on1.Cl. The lowest BCUT2D eigenvalue weighted by molar-refractivity contribution is -0.135. The van der Waals surface area contributed by atoms with E-state index in [0.29, 0.717) is 26.1 Å². The van der Waals surface area contributed by atoms with E-state index in [1.54, 1.807) is 11.9 Å². The highest BCUT2D eigenvalue weighted by molar-refractivity contribution is 5.94. The van der Waals surface area contributed by atoms with Crippen LogP contribution in [0.15, 0.2) is 59.1 Å². The van der Waals surface area contributed by atoms with E-state index in [4.69, 9.17) is 4.52 Å². The number of rotatable bonds is 7. The van der Waals surface area contributed by atoms with Crippen LogP contribution in [0.1, 0.15) is 22.5 Å². The lowest BCUT2D eigenvalue weighted by Gasteiger charge is -2.34. The molecule has 2 aromatic carbocycles. The highest BCUT2D eigenvalue weighted by Gasteiger charge is 2.34. The first-order valence-electron chi connectivity index (χ1n) is 11.1. The number of likely N-dealkylation sites (N-methyl/N-ethyl adjacent to an activating group) is 1. The van der Waals surface area contributed by atoms with Crippen molar-refractivity contribution in [2.24, 2.45) is 5.92 Å². The van der Waals surface area contributed by atoms with E-state index in [0.717, 1.165) is 24.1 Å². The predicted octanol–water partition coefficient (Wildman–Crippen LogP) is 3.45. The largest absolute Gasteiger partial charge is 0.355 e. The molecule has 10 heteroatoms. The van der Waals surface area contributed by atoms with Crippen molar-refractivity contribution in [1.29, 1.82) is 0 Å². The van der Waals surface area contributed by atoms with Gasteiger partial charge in [0.05, 0.1) is 11.5 Å². The molecule has 4 rings (SSSR count). The van der Waals surface area contributed by atoms with Crippen LogP contribution < -0.4 is 10.6 Å². The van der Waals surface area contributed by atoms with Gasteiger partial charge in [0.25, 0.3) is 5.91 Å². The molecule has 2 N–H and O–H groups in total. The smallest absolute Gasteiger partial charge is 0.273 e. The van der Waals surface area contributed by atoms with Crippen LogP contribution in [0.2, 0.25) is 0 Å². The molecule has 1 saturated heterocycles. The number of amides is 2. The van der Waals surface area contributed by atoms with Gasteiger partial charge in [-0.1, -0.05) is 35.5 Å². The second kappa shape index (κ2) is 11.9. The molecule has 7 nitrogen and oxygen atoms in total. The minimum Gasteiger partial charge on any atom is -0.355 e. The Hall–Kier alpha value is -3.30. The van der Waals surface area contributed by atoms with Crippen molar-refractivity contribution >= 4 is 24.2 Å². The van der Waals surface area contributed by atoms with Crippen molar-refractivity contribution < 1.29 is 22.9 Å². The number of benzene rings is 2. The molecule has 3 aromatic rings. The van der Waals surface area contributed by atoms with E-state index in [1.165, 1.54) is 12.1 Å². The Bertz CT molecular complexity index is 1160. The monoisotopic (exact) mass is 504 g/mol. The third kappa shape index (κ3) is 6.43. The maximum Gasteiger partial charge on any atom is 0.273 e. The van der Waals surface area contributed by atoms with Crippen molar-refractivity contribution in [3.8, 4) is 11.3 Å². The molecule has 2 amide bonds. The molecule has 1 aliphatic heterocycles. The highest BCUT2D eigenvalue weighted by Crippen LogP contribution is 2.24. The average molecular weight is 505 g/mol. The first kappa shape index (κ1) is 26.3. The first-order valence-corrected chi connectivity index (χ1v) is 11.1. The van der Waals surface area contributed by atoms with Crippen molar-refractivity contribution in [3.63, 3.8) is 0 Å². The molecule has 186 valence electrons. The topological polar surface area (TPSA) is 87.5 Å². The molecule has 2 unspecified atom stereocenters. The van der Waals surface area contributed by atoms with Gasteiger partial charge in [0.1, 0.15) is 11.6 Å². The van der Waals surface area contributed by atoms with E-state index in [2.05, 4.69) is 15.8 Å². The van der Waals surface area contributed by atoms with Crippen LogP contribution in [-0.4, -0.2) is 54.6 Å². The zero-order valence-electron chi connectivity index (χ0n) is 19.2. The number of nitrogens with zero attached hydrogens (tertiary/aromatic N) is 2. The second-order valence-corrected chi connectivity index (χ2v) is 8.38. The van der Waals surface area contributed by atoms with Gasteiger partial charge in [-0.05, 0) is 37.1 Å². The number of nitrogens with one attached hydrogen (secondary N) is 2. The Morgan fingerprint density at radius 3 is 2.69 bits per heavy atom. The summed E-state index contributed by atoms with van der Waals surface area (Å²) in [5.74, 6) is -2.52. The Morgan fingerprint density at radius 2 is 1.94 bits per heavy atom. The number of aromatic nitrogens is 1. The summed E-state index contributed by atoms with van der Waals surface area (Å²) >= 11 is 0. The third-order valence-corrected chi connectivity index (χ3v) is 6.01. The summed E-state index contributed by atoms with van der Waals surface area (Å²) < 4.78 is 32.3. The fraction of sp³-hybridized carbons (Fsp3) is 0.320. The molecule has 35 heavy (non-hydrogen) atoms. The Balaban J connectivity index is 0.00000342. The average Bonchev–Trinajstić information content (AvgIpc) is 3.33. The third-order valence-electron chi connectivity index (χ3n) is 6.01. The van der Waals surface area contributed by atoms with Crippen LogP contribution in [-0.2, 0) is 11.2 Å². The van der Waals surface area contributed by atoms with Gasteiger partial charge in [0, 0.05) is 38.3 Å². The van der Waals surface area contributed by atoms with Crippen molar-refractivity contribution in [2.45, 2.75) is 18.9 Å². The normalized spacial score (nSPS) is 17.3. The maximum absolute atomic E-state index is 14.0.